The average molecular weight is 232 g/mol. The Morgan fingerprint density at radius 2 is 2.12 bits per heavy atom. The number of nitriles is 1. The van der Waals surface area contributed by atoms with E-state index in [9.17, 15) is 4.79 Å². The van der Waals surface area contributed by atoms with Gasteiger partial charge in [-0.05, 0) is 25.3 Å². The predicted octanol–water partition coefficient (Wildman–Crippen LogP) is 1.40. The van der Waals surface area contributed by atoms with E-state index < -0.39 is 11.5 Å². The van der Waals surface area contributed by atoms with Gasteiger partial charge in [-0.25, -0.2) is 0 Å². The van der Waals surface area contributed by atoms with Crippen molar-refractivity contribution in [2.75, 3.05) is 6.61 Å². The molecule has 2 N–H and O–H groups in total. The second-order valence-electron chi connectivity index (χ2n) is 4.14. The summed E-state index contributed by atoms with van der Waals surface area (Å²) < 4.78 is 4.72. The highest BCUT2D eigenvalue weighted by Gasteiger charge is 2.29. The first-order valence-electron chi connectivity index (χ1n) is 5.43. The van der Waals surface area contributed by atoms with Crippen LogP contribution in [0.2, 0.25) is 0 Å². The number of nitrogens with zero attached hydrogens (tertiary/aromatic N) is 1. The maximum atomic E-state index is 11.5. The number of nitrogens with two attached hydrogens (primary N) is 1. The van der Waals surface area contributed by atoms with Crippen molar-refractivity contribution < 1.29 is 9.53 Å². The van der Waals surface area contributed by atoms with Crippen LogP contribution in [0.5, 0.6) is 0 Å². The van der Waals surface area contributed by atoms with Gasteiger partial charge in [0.1, 0.15) is 11.6 Å². The molecule has 1 atom stereocenters. The molecule has 0 saturated carbocycles. The van der Waals surface area contributed by atoms with E-state index in [0.717, 1.165) is 5.56 Å². The maximum Gasteiger partial charge on any atom is 0.326 e. The monoisotopic (exact) mass is 232 g/mol. The summed E-state index contributed by atoms with van der Waals surface area (Å²) in [4.78, 5) is 11.5. The Balaban J connectivity index is 2.50. The lowest BCUT2D eigenvalue weighted by molar-refractivity contribution is -0.148. The highest BCUT2D eigenvalue weighted by molar-refractivity contribution is 5.80. The van der Waals surface area contributed by atoms with Crippen LogP contribution in [0.25, 0.3) is 0 Å². The van der Waals surface area contributed by atoms with Gasteiger partial charge in [0.05, 0.1) is 0 Å². The molecule has 0 amide bonds. The van der Waals surface area contributed by atoms with Gasteiger partial charge in [-0.1, -0.05) is 30.3 Å². The van der Waals surface area contributed by atoms with E-state index in [4.69, 9.17) is 15.7 Å². The normalized spacial score (nSPS) is 13.5. The van der Waals surface area contributed by atoms with Crippen molar-refractivity contribution in [3.63, 3.8) is 0 Å². The maximum absolute atomic E-state index is 11.5. The highest BCUT2D eigenvalue weighted by Crippen LogP contribution is 2.13. The minimum Gasteiger partial charge on any atom is -0.449 e. The van der Waals surface area contributed by atoms with E-state index >= 15 is 0 Å². The van der Waals surface area contributed by atoms with Crippen LogP contribution in [0.1, 0.15) is 18.9 Å². The number of benzene rings is 1. The van der Waals surface area contributed by atoms with E-state index in [0.29, 0.717) is 12.8 Å². The predicted molar refractivity (Wildman–Crippen MR) is 63.9 cm³/mol. The smallest absolute Gasteiger partial charge is 0.326 e. The number of aryl methyl sites for hydroxylation is 1. The highest BCUT2D eigenvalue weighted by atomic mass is 16.5. The molecular formula is C13H16N2O2. The summed E-state index contributed by atoms with van der Waals surface area (Å²) in [5, 5.41) is 8.32. The van der Waals surface area contributed by atoms with E-state index in [1.54, 1.807) is 13.0 Å². The standard InChI is InChI=1S/C13H16N2O2/c1-13(15,12(16)17-10-9-14)8-7-11-5-3-2-4-6-11/h2-6H,7-8,10,15H2,1H3. The Hall–Kier alpha value is -1.86. The van der Waals surface area contributed by atoms with Gasteiger partial charge >= 0.3 is 5.97 Å². The van der Waals surface area contributed by atoms with Gasteiger partial charge in [-0.15, -0.1) is 0 Å². The number of hydrogen-bond acceptors (Lipinski definition) is 4. The summed E-state index contributed by atoms with van der Waals surface area (Å²) in [5.41, 5.74) is 5.94. The molecule has 4 heteroatoms. The number of esters is 1. The van der Waals surface area contributed by atoms with Gasteiger partial charge in [-0.2, -0.15) is 5.26 Å². The van der Waals surface area contributed by atoms with Crippen molar-refractivity contribution in [3.8, 4) is 6.07 Å². The number of carbonyl (C=O) groups is 1. The van der Waals surface area contributed by atoms with Crippen molar-refractivity contribution in [1.29, 1.82) is 5.26 Å². The average Bonchev–Trinajstić information content (AvgIpc) is 2.35. The Labute approximate surface area is 101 Å². The van der Waals surface area contributed by atoms with Gasteiger partial charge < -0.3 is 10.5 Å². The van der Waals surface area contributed by atoms with Crippen LogP contribution in [0.3, 0.4) is 0 Å². The topological polar surface area (TPSA) is 76.1 Å². The van der Waals surface area contributed by atoms with E-state index in [-0.39, 0.29) is 6.61 Å². The molecule has 0 spiro atoms. The molecule has 0 aliphatic carbocycles. The summed E-state index contributed by atoms with van der Waals surface area (Å²) in [6.07, 6.45) is 1.19. The summed E-state index contributed by atoms with van der Waals surface area (Å²) in [5.74, 6) is -0.532. The van der Waals surface area contributed by atoms with Crippen LogP contribution in [-0.4, -0.2) is 18.1 Å². The summed E-state index contributed by atoms with van der Waals surface area (Å²) in [6, 6.07) is 11.5. The van der Waals surface area contributed by atoms with Crippen molar-refractivity contribution in [2.45, 2.75) is 25.3 Å². The molecule has 90 valence electrons. The minimum absolute atomic E-state index is 0.253. The molecule has 1 aromatic carbocycles. The second kappa shape index (κ2) is 6.02. The molecule has 0 radical (unpaired) electrons. The molecule has 0 aliphatic heterocycles. The van der Waals surface area contributed by atoms with E-state index in [1.165, 1.54) is 0 Å². The quantitative estimate of drug-likeness (QED) is 0.778. The fourth-order valence-electron chi connectivity index (χ4n) is 1.41. The molecule has 0 bridgehead atoms. The fourth-order valence-corrected chi connectivity index (χ4v) is 1.41. The third kappa shape index (κ3) is 4.25. The van der Waals surface area contributed by atoms with Gasteiger partial charge in [0.15, 0.2) is 6.61 Å². The lowest BCUT2D eigenvalue weighted by Crippen LogP contribution is -2.46. The molecule has 1 aromatic rings. The van der Waals surface area contributed by atoms with Crippen molar-refractivity contribution in [2.24, 2.45) is 5.73 Å². The van der Waals surface area contributed by atoms with Crippen LogP contribution in [0, 0.1) is 11.3 Å². The van der Waals surface area contributed by atoms with E-state index in [1.807, 2.05) is 30.3 Å². The van der Waals surface area contributed by atoms with Gasteiger partial charge in [0, 0.05) is 0 Å². The van der Waals surface area contributed by atoms with Crippen LogP contribution < -0.4 is 5.73 Å². The lowest BCUT2D eigenvalue weighted by atomic mass is 9.94. The number of carbonyl (C=O) groups excluding carboxylic acids is 1. The zero-order valence-electron chi connectivity index (χ0n) is 9.85. The first kappa shape index (κ1) is 13.2. The number of ether oxygens (including phenoxy) is 1. The van der Waals surface area contributed by atoms with Crippen molar-refractivity contribution in [1.82, 2.24) is 0 Å². The zero-order valence-corrected chi connectivity index (χ0v) is 9.85. The van der Waals surface area contributed by atoms with Crippen LogP contribution in [0.4, 0.5) is 0 Å². The molecule has 0 aromatic heterocycles. The molecule has 17 heavy (non-hydrogen) atoms. The van der Waals surface area contributed by atoms with Crippen LogP contribution >= 0.6 is 0 Å². The summed E-state index contributed by atoms with van der Waals surface area (Å²) in [7, 11) is 0. The first-order valence-corrected chi connectivity index (χ1v) is 5.43. The van der Waals surface area contributed by atoms with Gasteiger partial charge in [0.2, 0.25) is 0 Å². The molecule has 0 saturated heterocycles. The summed E-state index contributed by atoms with van der Waals surface area (Å²) in [6.45, 7) is 1.37. The van der Waals surface area contributed by atoms with Crippen molar-refractivity contribution >= 4 is 5.97 Å². The van der Waals surface area contributed by atoms with Crippen LogP contribution in [-0.2, 0) is 16.0 Å². The molecule has 4 nitrogen and oxygen atoms in total. The molecule has 1 rings (SSSR count). The third-order valence-corrected chi connectivity index (χ3v) is 2.51. The Morgan fingerprint density at radius 3 is 2.71 bits per heavy atom. The fraction of sp³-hybridized carbons (Fsp3) is 0.385. The Kier molecular flexibility index (Phi) is 4.68. The molecule has 0 aliphatic rings. The third-order valence-electron chi connectivity index (χ3n) is 2.51. The van der Waals surface area contributed by atoms with Gasteiger partial charge in [0.25, 0.3) is 0 Å². The zero-order chi connectivity index (χ0) is 12.7. The Morgan fingerprint density at radius 1 is 1.47 bits per heavy atom. The molecule has 0 heterocycles. The first-order chi connectivity index (χ1) is 8.06. The molecule has 1 unspecified atom stereocenters. The molecular weight excluding hydrogens is 216 g/mol. The minimum atomic E-state index is -1.05. The van der Waals surface area contributed by atoms with E-state index in [2.05, 4.69) is 0 Å². The number of rotatable bonds is 5. The van der Waals surface area contributed by atoms with Crippen LogP contribution in [0.15, 0.2) is 30.3 Å². The van der Waals surface area contributed by atoms with Gasteiger partial charge in [-0.3, -0.25) is 4.79 Å². The summed E-state index contributed by atoms with van der Waals surface area (Å²) >= 11 is 0. The molecule has 0 fully saturated rings. The number of hydrogen-bond donors (Lipinski definition) is 1. The Bertz CT molecular complexity index is 407. The second-order valence-corrected chi connectivity index (χ2v) is 4.14. The lowest BCUT2D eigenvalue weighted by Gasteiger charge is -2.21. The SMILES string of the molecule is CC(N)(CCc1ccccc1)C(=O)OCC#N. The van der Waals surface area contributed by atoms with Crippen molar-refractivity contribution in [3.05, 3.63) is 35.9 Å². The largest absolute Gasteiger partial charge is 0.449 e.